The zero-order chi connectivity index (χ0) is 8.77. The largest absolute Gasteiger partial charge is 0.202 e. The molecule has 68 valence electrons. The average Bonchev–Trinajstić information content (AvgIpc) is 2.05. The van der Waals surface area contributed by atoms with Crippen molar-refractivity contribution >= 4 is 0 Å². The molecule has 0 radical (unpaired) electrons. The van der Waals surface area contributed by atoms with E-state index >= 15 is 0 Å². The van der Waals surface area contributed by atoms with E-state index in [1.807, 2.05) is 0 Å². The van der Waals surface area contributed by atoms with Crippen molar-refractivity contribution in [2.75, 3.05) is 13.1 Å². The molecular weight excluding hydrogens is 154 g/mol. The van der Waals surface area contributed by atoms with E-state index in [9.17, 15) is 4.91 Å². The highest BCUT2D eigenvalue weighted by Gasteiger charge is 2.46. The molecule has 2 bridgehead atoms. The van der Waals surface area contributed by atoms with Crippen molar-refractivity contribution in [3.63, 3.8) is 0 Å². The molecule has 0 spiro atoms. The second kappa shape index (κ2) is 2.42. The molecule has 3 fully saturated rings. The van der Waals surface area contributed by atoms with Gasteiger partial charge in [-0.25, -0.2) is 5.01 Å². The number of hydrogen-bond acceptors (Lipinski definition) is 3. The van der Waals surface area contributed by atoms with Crippen LogP contribution in [0.15, 0.2) is 5.29 Å². The summed E-state index contributed by atoms with van der Waals surface area (Å²) in [7, 11) is 0. The molecule has 3 aliphatic rings. The zero-order valence-corrected chi connectivity index (χ0v) is 7.66. The third-order valence-electron chi connectivity index (χ3n) is 3.33. The first-order valence-corrected chi connectivity index (χ1v) is 4.54. The first kappa shape index (κ1) is 7.98. The van der Waals surface area contributed by atoms with E-state index in [4.69, 9.17) is 0 Å². The number of nitroso groups, excluding NO2 is 1. The molecule has 3 saturated heterocycles. The predicted molar refractivity (Wildman–Crippen MR) is 46.0 cm³/mol. The Hall–Kier alpha value is -0.640. The number of rotatable bonds is 1. The molecular formula is C8H15N3O. The molecule has 4 nitrogen and oxygen atoms in total. The fourth-order valence-electron chi connectivity index (χ4n) is 2.45. The van der Waals surface area contributed by atoms with Gasteiger partial charge < -0.3 is 0 Å². The third kappa shape index (κ3) is 0.874. The maximum atomic E-state index is 10.6. The molecule has 0 N–H and O–H groups in total. The Labute approximate surface area is 72.4 Å². The SMILES string of the molecule is CC1(C)C2CCN(CC2)N1N=O. The summed E-state index contributed by atoms with van der Waals surface area (Å²) in [5, 5.41) is 6.78. The van der Waals surface area contributed by atoms with Gasteiger partial charge in [-0.3, -0.25) is 0 Å². The van der Waals surface area contributed by atoms with Crippen molar-refractivity contribution in [1.82, 2.24) is 10.1 Å². The van der Waals surface area contributed by atoms with Gasteiger partial charge in [-0.15, -0.1) is 4.91 Å². The van der Waals surface area contributed by atoms with Crippen LogP contribution in [0.4, 0.5) is 0 Å². The quantitative estimate of drug-likeness (QED) is 0.556. The van der Waals surface area contributed by atoms with Crippen LogP contribution in [0.25, 0.3) is 0 Å². The standard InChI is InChI=1S/C8H15N3O/c1-8(2)7-3-5-10(6-4-7)11(8)9-12/h7H,3-6H2,1-2H3. The van der Waals surface area contributed by atoms with Gasteiger partial charge >= 0.3 is 0 Å². The normalized spacial score (nSPS) is 38.3. The molecule has 12 heavy (non-hydrogen) atoms. The molecule has 0 aliphatic carbocycles. The molecule has 0 aromatic rings. The van der Waals surface area contributed by atoms with Crippen molar-refractivity contribution in [2.24, 2.45) is 11.2 Å². The van der Waals surface area contributed by atoms with Crippen LogP contribution in [0.1, 0.15) is 26.7 Å². The lowest BCUT2D eigenvalue weighted by Crippen LogP contribution is -2.64. The lowest BCUT2D eigenvalue weighted by atomic mass is 9.78. The van der Waals surface area contributed by atoms with E-state index in [2.05, 4.69) is 24.1 Å². The number of hydrogen-bond donors (Lipinski definition) is 0. The molecule has 0 aromatic carbocycles. The maximum Gasteiger partial charge on any atom is 0.0758 e. The van der Waals surface area contributed by atoms with Crippen LogP contribution in [-0.4, -0.2) is 28.8 Å². The van der Waals surface area contributed by atoms with Gasteiger partial charge in [0, 0.05) is 13.1 Å². The Morgan fingerprint density at radius 2 is 1.92 bits per heavy atom. The van der Waals surface area contributed by atoms with Gasteiger partial charge in [-0.1, -0.05) is 0 Å². The maximum absolute atomic E-state index is 10.6. The Bertz CT molecular complexity index is 196. The monoisotopic (exact) mass is 169 g/mol. The molecule has 0 amide bonds. The highest BCUT2D eigenvalue weighted by atomic mass is 16.3. The van der Waals surface area contributed by atoms with Gasteiger partial charge in [0.05, 0.1) is 10.8 Å². The molecule has 0 saturated carbocycles. The smallest absolute Gasteiger partial charge is 0.0758 e. The van der Waals surface area contributed by atoms with Gasteiger partial charge in [0.2, 0.25) is 0 Å². The van der Waals surface area contributed by atoms with Gasteiger partial charge in [-0.05, 0) is 32.6 Å². The minimum atomic E-state index is -0.0573. The van der Waals surface area contributed by atoms with Gasteiger partial charge in [0.15, 0.2) is 0 Å². The Balaban J connectivity index is 2.27. The van der Waals surface area contributed by atoms with Crippen LogP contribution in [0.5, 0.6) is 0 Å². The first-order valence-electron chi connectivity index (χ1n) is 4.54. The molecule has 0 atom stereocenters. The number of fused-ring (bicyclic) bond motifs is 3. The van der Waals surface area contributed by atoms with Crippen LogP contribution < -0.4 is 0 Å². The summed E-state index contributed by atoms with van der Waals surface area (Å²) in [6.45, 7) is 6.20. The third-order valence-corrected chi connectivity index (χ3v) is 3.33. The van der Waals surface area contributed by atoms with Gasteiger partial charge in [0.1, 0.15) is 0 Å². The van der Waals surface area contributed by atoms with E-state index in [0.29, 0.717) is 5.92 Å². The molecule has 4 heteroatoms. The summed E-state index contributed by atoms with van der Waals surface area (Å²) in [5.41, 5.74) is -0.0573. The minimum Gasteiger partial charge on any atom is -0.202 e. The zero-order valence-electron chi connectivity index (χ0n) is 7.66. The van der Waals surface area contributed by atoms with Crippen LogP contribution in [0.3, 0.4) is 0 Å². The first-order chi connectivity index (χ1) is 5.66. The second-order valence-electron chi connectivity index (χ2n) is 4.25. The van der Waals surface area contributed by atoms with Gasteiger partial charge in [-0.2, -0.15) is 5.12 Å². The van der Waals surface area contributed by atoms with Crippen LogP contribution >= 0.6 is 0 Å². The lowest BCUT2D eigenvalue weighted by molar-refractivity contribution is -0.193. The minimum absolute atomic E-state index is 0.0573. The Kier molecular flexibility index (Phi) is 1.61. The molecule has 3 rings (SSSR count). The predicted octanol–water partition coefficient (Wildman–Crippen LogP) is 1.39. The summed E-state index contributed by atoms with van der Waals surface area (Å²) >= 11 is 0. The van der Waals surface area contributed by atoms with Crippen molar-refractivity contribution in [2.45, 2.75) is 32.2 Å². The van der Waals surface area contributed by atoms with Crippen molar-refractivity contribution in [3.05, 3.63) is 4.91 Å². The fourth-order valence-corrected chi connectivity index (χ4v) is 2.45. The van der Waals surface area contributed by atoms with Crippen LogP contribution in [0.2, 0.25) is 0 Å². The fraction of sp³-hybridized carbons (Fsp3) is 1.00. The van der Waals surface area contributed by atoms with E-state index in [1.54, 1.807) is 5.12 Å². The highest BCUT2D eigenvalue weighted by molar-refractivity contribution is 4.94. The number of piperidine rings is 1. The summed E-state index contributed by atoms with van der Waals surface area (Å²) in [6, 6.07) is 0. The van der Waals surface area contributed by atoms with Crippen molar-refractivity contribution < 1.29 is 0 Å². The molecule has 3 heterocycles. The van der Waals surface area contributed by atoms with E-state index < -0.39 is 0 Å². The molecule has 0 unspecified atom stereocenters. The topological polar surface area (TPSA) is 35.9 Å². The Morgan fingerprint density at radius 3 is 2.25 bits per heavy atom. The van der Waals surface area contributed by atoms with Crippen LogP contribution in [0, 0.1) is 10.8 Å². The van der Waals surface area contributed by atoms with E-state index in [0.717, 1.165) is 13.1 Å². The summed E-state index contributed by atoms with van der Waals surface area (Å²) in [5.74, 6) is 0.639. The number of nitrogens with zero attached hydrogens (tertiary/aromatic N) is 3. The van der Waals surface area contributed by atoms with Crippen molar-refractivity contribution in [1.29, 1.82) is 0 Å². The number of hydrazine groups is 1. The summed E-state index contributed by atoms with van der Waals surface area (Å²) < 4.78 is 0. The second-order valence-corrected chi connectivity index (χ2v) is 4.25. The lowest BCUT2D eigenvalue weighted by Gasteiger charge is -2.54. The van der Waals surface area contributed by atoms with Crippen LogP contribution in [-0.2, 0) is 0 Å². The van der Waals surface area contributed by atoms with Gasteiger partial charge in [0.25, 0.3) is 0 Å². The van der Waals surface area contributed by atoms with E-state index in [1.165, 1.54) is 12.8 Å². The van der Waals surface area contributed by atoms with Crippen molar-refractivity contribution in [3.8, 4) is 0 Å². The van der Waals surface area contributed by atoms with E-state index in [-0.39, 0.29) is 5.54 Å². The molecule has 0 aromatic heterocycles. The highest BCUT2D eigenvalue weighted by Crippen LogP contribution is 2.40. The average molecular weight is 169 g/mol. The summed E-state index contributed by atoms with van der Waals surface area (Å²) in [4.78, 5) is 10.6. The molecule has 3 aliphatic heterocycles. The Morgan fingerprint density at radius 1 is 1.33 bits per heavy atom. The summed E-state index contributed by atoms with van der Waals surface area (Å²) in [6.07, 6.45) is 2.41.